The van der Waals surface area contributed by atoms with E-state index in [1.165, 1.54) is 0 Å². The molecule has 1 aliphatic heterocycles. The molecule has 1 saturated heterocycles. The zero-order chi connectivity index (χ0) is 15.8. The third-order valence-corrected chi connectivity index (χ3v) is 2.68. The summed E-state index contributed by atoms with van der Waals surface area (Å²) in [5, 5.41) is 30.2. The van der Waals surface area contributed by atoms with E-state index >= 15 is 0 Å². The largest absolute Gasteiger partial charge is 0.491 e. The highest BCUT2D eigenvalue weighted by atomic mass is 19.4. The van der Waals surface area contributed by atoms with Gasteiger partial charge in [-0.25, -0.2) is 4.79 Å². The molecule has 0 aliphatic carbocycles. The van der Waals surface area contributed by atoms with Crippen molar-refractivity contribution >= 4 is 5.97 Å². The summed E-state index contributed by atoms with van der Waals surface area (Å²) in [6, 6.07) is 0. The standard InChI is InChI=1S/C9H11F3N4O5/c1-2-16-14-6(13-15-16)5-3(17)4(18)7(20-5)21-8(19)9(10,11)12/h3-5,7,17-18H,2H2,1H3. The fourth-order valence-electron chi connectivity index (χ4n) is 1.63. The number of nitrogens with zero attached hydrogens (tertiary/aromatic N) is 4. The van der Waals surface area contributed by atoms with Crippen molar-refractivity contribution in [3.8, 4) is 0 Å². The molecule has 0 radical (unpaired) electrons. The molecular weight excluding hydrogens is 301 g/mol. The fraction of sp³-hybridized carbons (Fsp3) is 0.778. The van der Waals surface area contributed by atoms with E-state index in [0.29, 0.717) is 6.54 Å². The Balaban J connectivity index is 2.09. The molecule has 21 heavy (non-hydrogen) atoms. The minimum Gasteiger partial charge on any atom is -0.426 e. The molecular formula is C9H11F3N4O5. The van der Waals surface area contributed by atoms with Crippen LogP contribution >= 0.6 is 0 Å². The lowest BCUT2D eigenvalue weighted by atomic mass is 10.1. The number of rotatable bonds is 3. The molecule has 4 unspecified atom stereocenters. The second-order valence-corrected chi connectivity index (χ2v) is 4.15. The van der Waals surface area contributed by atoms with E-state index in [-0.39, 0.29) is 5.82 Å². The normalized spacial score (nSPS) is 29.6. The Bertz CT molecular complexity index is 522. The molecule has 0 saturated carbocycles. The van der Waals surface area contributed by atoms with Crippen LogP contribution in [0, 0.1) is 0 Å². The first kappa shape index (κ1) is 15.6. The van der Waals surface area contributed by atoms with Gasteiger partial charge < -0.3 is 19.7 Å². The third kappa shape index (κ3) is 3.11. The van der Waals surface area contributed by atoms with E-state index < -0.39 is 36.7 Å². The highest BCUT2D eigenvalue weighted by molar-refractivity contribution is 5.75. The number of alkyl halides is 3. The van der Waals surface area contributed by atoms with Crippen molar-refractivity contribution in [2.24, 2.45) is 0 Å². The number of aliphatic hydroxyl groups excluding tert-OH is 2. The summed E-state index contributed by atoms with van der Waals surface area (Å²) < 4.78 is 45.1. The van der Waals surface area contributed by atoms with E-state index in [2.05, 4.69) is 20.1 Å². The molecule has 9 nitrogen and oxygen atoms in total. The number of carbonyl (C=O) groups is 1. The molecule has 12 heteroatoms. The lowest BCUT2D eigenvalue weighted by molar-refractivity contribution is -0.231. The highest BCUT2D eigenvalue weighted by Crippen LogP contribution is 2.33. The van der Waals surface area contributed by atoms with Crippen molar-refractivity contribution in [2.45, 2.75) is 44.2 Å². The van der Waals surface area contributed by atoms with Gasteiger partial charge in [0.25, 0.3) is 0 Å². The Morgan fingerprint density at radius 3 is 2.62 bits per heavy atom. The maximum atomic E-state index is 12.1. The van der Waals surface area contributed by atoms with Crippen molar-refractivity contribution in [1.29, 1.82) is 0 Å². The number of ether oxygens (including phenoxy) is 2. The molecule has 0 spiro atoms. The third-order valence-electron chi connectivity index (χ3n) is 2.68. The van der Waals surface area contributed by atoms with Crippen LogP contribution in [0.15, 0.2) is 0 Å². The Labute approximate surface area is 115 Å². The summed E-state index contributed by atoms with van der Waals surface area (Å²) in [7, 11) is 0. The van der Waals surface area contributed by atoms with E-state index in [4.69, 9.17) is 4.74 Å². The molecule has 1 aromatic rings. The smallest absolute Gasteiger partial charge is 0.426 e. The molecule has 118 valence electrons. The quantitative estimate of drug-likeness (QED) is 0.676. The van der Waals surface area contributed by atoms with Crippen LogP contribution in [0.1, 0.15) is 18.9 Å². The van der Waals surface area contributed by atoms with E-state index in [1.807, 2.05) is 0 Å². The Hall–Kier alpha value is -1.79. The first-order chi connectivity index (χ1) is 9.74. The molecule has 0 aromatic carbocycles. The van der Waals surface area contributed by atoms with Crippen molar-refractivity contribution in [2.75, 3.05) is 0 Å². The number of aromatic nitrogens is 4. The van der Waals surface area contributed by atoms with Gasteiger partial charge in [0, 0.05) is 0 Å². The van der Waals surface area contributed by atoms with Crippen LogP contribution in [-0.2, 0) is 20.8 Å². The summed E-state index contributed by atoms with van der Waals surface area (Å²) >= 11 is 0. The molecule has 2 rings (SSSR count). The molecule has 1 aromatic heterocycles. The second-order valence-electron chi connectivity index (χ2n) is 4.15. The number of tetrazole rings is 1. The molecule has 0 bridgehead atoms. The average Bonchev–Trinajstić information content (AvgIpc) is 2.97. The van der Waals surface area contributed by atoms with Crippen LogP contribution in [-0.4, -0.2) is 61.1 Å². The Morgan fingerprint density at radius 2 is 2.10 bits per heavy atom. The summed E-state index contributed by atoms with van der Waals surface area (Å²) in [6.45, 7) is 2.07. The van der Waals surface area contributed by atoms with Gasteiger partial charge in [0.1, 0.15) is 12.2 Å². The zero-order valence-corrected chi connectivity index (χ0v) is 10.6. The van der Waals surface area contributed by atoms with Gasteiger partial charge in [0.15, 0.2) is 6.10 Å². The van der Waals surface area contributed by atoms with Gasteiger partial charge in [-0.05, 0) is 12.1 Å². The fourth-order valence-corrected chi connectivity index (χ4v) is 1.63. The van der Waals surface area contributed by atoms with Gasteiger partial charge in [-0.1, -0.05) is 0 Å². The SMILES string of the molecule is CCn1nnc(C2OC(OC(=O)C(F)(F)F)C(O)C2O)n1. The van der Waals surface area contributed by atoms with Crippen molar-refractivity contribution in [3.05, 3.63) is 5.82 Å². The van der Waals surface area contributed by atoms with Crippen LogP contribution in [0.3, 0.4) is 0 Å². The predicted octanol–water partition coefficient (Wildman–Crippen LogP) is -1.08. The summed E-state index contributed by atoms with van der Waals surface area (Å²) in [5.74, 6) is -2.68. The molecule has 2 N–H and O–H groups in total. The lowest BCUT2D eigenvalue weighted by Gasteiger charge is -2.15. The van der Waals surface area contributed by atoms with Crippen LogP contribution in [0.25, 0.3) is 0 Å². The maximum Gasteiger partial charge on any atom is 0.491 e. The number of hydrogen-bond donors (Lipinski definition) is 2. The van der Waals surface area contributed by atoms with E-state index in [9.17, 15) is 28.2 Å². The second kappa shape index (κ2) is 5.54. The highest BCUT2D eigenvalue weighted by Gasteiger charge is 2.51. The minimum absolute atomic E-state index is 0.144. The van der Waals surface area contributed by atoms with Gasteiger partial charge in [-0.3, -0.25) is 0 Å². The molecule has 4 atom stereocenters. The van der Waals surface area contributed by atoms with Gasteiger partial charge in [0.05, 0.1) is 6.54 Å². The predicted molar refractivity (Wildman–Crippen MR) is 55.3 cm³/mol. The van der Waals surface area contributed by atoms with Crippen molar-refractivity contribution < 1.29 is 37.7 Å². The number of aryl methyl sites for hydroxylation is 1. The van der Waals surface area contributed by atoms with Gasteiger partial charge >= 0.3 is 12.1 Å². The maximum absolute atomic E-state index is 12.1. The van der Waals surface area contributed by atoms with Crippen LogP contribution < -0.4 is 0 Å². The van der Waals surface area contributed by atoms with Crippen LogP contribution in [0.2, 0.25) is 0 Å². The molecule has 1 fully saturated rings. The Kier molecular flexibility index (Phi) is 4.11. The number of aliphatic hydroxyl groups is 2. The van der Waals surface area contributed by atoms with Gasteiger partial charge in [-0.2, -0.15) is 18.0 Å². The summed E-state index contributed by atoms with van der Waals surface area (Å²) in [5.41, 5.74) is 0. The minimum atomic E-state index is -5.24. The lowest BCUT2D eigenvalue weighted by Crippen LogP contribution is -2.37. The average molecular weight is 312 g/mol. The molecule has 0 amide bonds. The number of hydrogen-bond acceptors (Lipinski definition) is 8. The van der Waals surface area contributed by atoms with E-state index in [1.54, 1.807) is 6.92 Å². The van der Waals surface area contributed by atoms with E-state index in [0.717, 1.165) is 4.80 Å². The van der Waals surface area contributed by atoms with Gasteiger partial charge in [-0.15, -0.1) is 10.2 Å². The molecule has 1 aliphatic rings. The van der Waals surface area contributed by atoms with Gasteiger partial charge in [0.2, 0.25) is 12.1 Å². The molecule has 2 heterocycles. The Morgan fingerprint density at radius 1 is 1.43 bits per heavy atom. The number of carbonyl (C=O) groups excluding carboxylic acids is 1. The summed E-state index contributed by atoms with van der Waals surface area (Å²) in [4.78, 5) is 11.8. The number of halogens is 3. The topological polar surface area (TPSA) is 120 Å². The van der Waals surface area contributed by atoms with Crippen LogP contribution in [0.5, 0.6) is 0 Å². The monoisotopic (exact) mass is 312 g/mol. The zero-order valence-electron chi connectivity index (χ0n) is 10.6. The first-order valence-electron chi connectivity index (χ1n) is 5.81. The first-order valence-corrected chi connectivity index (χ1v) is 5.81. The van der Waals surface area contributed by atoms with Crippen molar-refractivity contribution in [1.82, 2.24) is 20.2 Å². The summed E-state index contributed by atoms with van der Waals surface area (Å²) in [6.07, 6.45) is -12.1. The van der Waals surface area contributed by atoms with Crippen molar-refractivity contribution in [3.63, 3.8) is 0 Å². The number of esters is 1. The van der Waals surface area contributed by atoms with Crippen LogP contribution in [0.4, 0.5) is 13.2 Å².